The van der Waals surface area contributed by atoms with Crippen LogP contribution in [0.2, 0.25) is 0 Å². The molecule has 0 unspecified atom stereocenters. The van der Waals surface area contributed by atoms with Crippen LogP contribution in [0.3, 0.4) is 0 Å². The van der Waals surface area contributed by atoms with E-state index in [9.17, 15) is 4.79 Å². The first kappa shape index (κ1) is 13.3. The summed E-state index contributed by atoms with van der Waals surface area (Å²) in [7, 11) is 1.98. The van der Waals surface area contributed by atoms with Crippen molar-refractivity contribution in [3.63, 3.8) is 0 Å². The van der Waals surface area contributed by atoms with E-state index < -0.39 is 0 Å². The second-order valence-corrected chi connectivity index (χ2v) is 5.19. The molecule has 2 rings (SSSR count). The van der Waals surface area contributed by atoms with Crippen molar-refractivity contribution in [3.05, 3.63) is 23.0 Å². The van der Waals surface area contributed by atoms with Crippen LogP contribution in [0, 0.1) is 13.8 Å². The Balaban J connectivity index is 2.08. The molecule has 0 amide bonds. The van der Waals surface area contributed by atoms with E-state index in [1.165, 1.54) is 0 Å². The van der Waals surface area contributed by atoms with Crippen molar-refractivity contribution in [1.82, 2.24) is 9.47 Å². The van der Waals surface area contributed by atoms with Crippen molar-refractivity contribution >= 4 is 5.78 Å². The molecular formula is C14H22N2O2. The van der Waals surface area contributed by atoms with E-state index in [2.05, 4.69) is 4.90 Å². The standard InChI is InChI=1S/C14H22N2O2/c1-10-8-13(11(2)15(10)3)14(18)9-16(6-7-17)12-4-5-12/h8,12,17H,4-7,9H2,1-3H3. The second kappa shape index (κ2) is 5.24. The van der Waals surface area contributed by atoms with Gasteiger partial charge >= 0.3 is 0 Å². The summed E-state index contributed by atoms with van der Waals surface area (Å²) in [5.41, 5.74) is 2.95. The predicted octanol–water partition coefficient (Wildman–Crippen LogP) is 1.28. The van der Waals surface area contributed by atoms with Gasteiger partial charge in [0.25, 0.3) is 0 Å². The molecule has 1 saturated carbocycles. The first-order chi connectivity index (χ1) is 8.54. The molecule has 1 aromatic rings. The Hall–Kier alpha value is -1.13. The van der Waals surface area contributed by atoms with Gasteiger partial charge in [-0.1, -0.05) is 0 Å². The average molecular weight is 250 g/mol. The number of hydrogen-bond acceptors (Lipinski definition) is 3. The topological polar surface area (TPSA) is 45.5 Å². The van der Waals surface area contributed by atoms with E-state index in [1.807, 2.05) is 31.5 Å². The molecule has 100 valence electrons. The van der Waals surface area contributed by atoms with Gasteiger partial charge in [-0.05, 0) is 32.8 Å². The normalized spacial score (nSPS) is 15.4. The van der Waals surface area contributed by atoms with Crippen LogP contribution in [0.15, 0.2) is 6.07 Å². The van der Waals surface area contributed by atoms with Crippen LogP contribution in [0.25, 0.3) is 0 Å². The van der Waals surface area contributed by atoms with Gasteiger partial charge in [-0.15, -0.1) is 0 Å². The summed E-state index contributed by atoms with van der Waals surface area (Å²) < 4.78 is 2.04. The number of aliphatic hydroxyl groups excluding tert-OH is 1. The molecule has 18 heavy (non-hydrogen) atoms. The number of Topliss-reactive ketones (excluding diaryl/α,β-unsaturated/α-hetero) is 1. The average Bonchev–Trinajstić information content (AvgIpc) is 3.13. The largest absolute Gasteiger partial charge is 0.395 e. The van der Waals surface area contributed by atoms with Gasteiger partial charge in [-0.3, -0.25) is 9.69 Å². The summed E-state index contributed by atoms with van der Waals surface area (Å²) in [5.74, 6) is 0.163. The predicted molar refractivity (Wildman–Crippen MR) is 70.9 cm³/mol. The van der Waals surface area contributed by atoms with Gasteiger partial charge in [0.2, 0.25) is 0 Å². The van der Waals surface area contributed by atoms with E-state index in [4.69, 9.17) is 5.11 Å². The number of carbonyl (C=O) groups is 1. The van der Waals surface area contributed by atoms with Crippen LogP contribution in [0.4, 0.5) is 0 Å². The van der Waals surface area contributed by atoms with Gasteiger partial charge in [0.1, 0.15) is 0 Å². The molecule has 1 aromatic heterocycles. The van der Waals surface area contributed by atoms with Crippen molar-refractivity contribution in [2.75, 3.05) is 19.7 Å². The lowest BCUT2D eigenvalue weighted by Gasteiger charge is -2.19. The first-order valence-corrected chi connectivity index (χ1v) is 6.55. The van der Waals surface area contributed by atoms with Gasteiger partial charge in [0.15, 0.2) is 5.78 Å². The van der Waals surface area contributed by atoms with Crippen LogP contribution in [0.5, 0.6) is 0 Å². The third-order valence-electron chi connectivity index (χ3n) is 3.87. The van der Waals surface area contributed by atoms with Crippen LogP contribution in [-0.2, 0) is 7.05 Å². The fourth-order valence-electron chi connectivity index (χ4n) is 2.37. The van der Waals surface area contributed by atoms with Gasteiger partial charge < -0.3 is 9.67 Å². The highest BCUT2D eigenvalue weighted by atomic mass is 16.3. The minimum atomic E-state index is 0.122. The van der Waals surface area contributed by atoms with Crippen LogP contribution in [0.1, 0.15) is 34.6 Å². The van der Waals surface area contributed by atoms with Crippen molar-refractivity contribution in [3.8, 4) is 0 Å². The molecule has 1 aliphatic carbocycles. The quantitative estimate of drug-likeness (QED) is 0.774. The summed E-state index contributed by atoms with van der Waals surface area (Å²) in [6.45, 7) is 5.14. The Labute approximate surface area is 108 Å². The van der Waals surface area contributed by atoms with Crippen molar-refractivity contribution in [2.45, 2.75) is 32.7 Å². The van der Waals surface area contributed by atoms with Crippen LogP contribution < -0.4 is 0 Å². The molecule has 0 spiro atoms. The third-order valence-corrected chi connectivity index (χ3v) is 3.87. The molecule has 1 aliphatic rings. The van der Waals surface area contributed by atoms with E-state index in [0.717, 1.165) is 29.8 Å². The Morgan fingerprint density at radius 2 is 2.17 bits per heavy atom. The molecule has 1 heterocycles. The van der Waals surface area contributed by atoms with Crippen LogP contribution in [-0.4, -0.2) is 46.1 Å². The number of aliphatic hydroxyl groups is 1. The van der Waals surface area contributed by atoms with E-state index >= 15 is 0 Å². The molecule has 0 atom stereocenters. The maximum atomic E-state index is 12.3. The number of rotatable bonds is 6. The van der Waals surface area contributed by atoms with Gasteiger partial charge in [0.05, 0.1) is 13.2 Å². The molecule has 0 radical (unpaired) electrons. The van der Waals surface area contributed by atoms with Crippen molar-refractivity contribution < 1.29 is 9.90 Å². The molecule has 4 nitrogen and oxygen atoms in total. The number of carbonyl (C=O) groups excluding carboxylic acids is 1. The maximum Gasteiger partial charge on any atom is 0.178 e. The number of aryl methyl sites for hydroxylation is 1. The summed E-state index contributed by atoms with van der Waals surface area (Å²) in [5, 5.41) is 9.04. The van der Waals surface area contributed by atoms with E-state index in [1.54, 1.807) is 0 Å². The zero-order chi connectivity index (χ0) is 13.3. The number of nitrogens with zero attached hydrogens (tertiary/aromatic N) is 2. The molecule has 0 bridgehead atoms. The Kier molecular flexibility index (Phi) is 3.88. The molecule has 0 aliphatic heterocycles. The SMILES string of the molecule is Cc1cc(C(=O)CN(CCO)C2CC2)c(C)n1C. The second-order valence-electron chi connectivity index (χ2n) is 5.19. The highest BCUT2D eigenvalue weighted by Crippen LogP contribution is 2.27. The Morgan fingerprint density at radius 3 is 2.61 bits per heavy atom. The maximum absolute atomic E-state index is 12.3. The van der Waals surface area contributed by atoms with Crippen molar-refractivity contribution in [2.24, 2.45) is 7.05 Å². The fourth-order valence-corrected chi connectivity index (χ4v) is 2.37. The molecule has 0 aromatic carbocycles. The van der Waals surface area contributed by atoms with Gasteiger partial charge in [-0.2, -0.15) is 0 Å². The number of ketones is 1. The minimum absolute atomic E-state index is 0.122. The minimum Gasteiger partial charge on any atom is -0.395 e. The summed E-state index contributed by atoms with van der Waals surface area (Å²) >= 11 is 0. The smallest absolute Gasteiger partial charge is 0.178 e. The third kappa shape index (κ3) is 2.65. The highest BCUT2D eigenvalue weighted by Gasteiger charge is 2.30. The Bertz CT molecular complexity index is 447. The molecular weight excluding hydrogens is 228 g/mol. The summed E-state index contributed by atoms with van der Waals surface area (Å²) in [6, 6.07) is 2.47. The monoisotopic (exact) mass is 250 g/mol. The lowest BCUT2D eigenvalue weighted by atomic mass is 10.1. The van der Waals surface area contributed by atoms with Gasteiger partial charge in [0, 0.05) is 36.6 Å². The fraction of sp³-hybridized carbons (Fsp3) is 0.643. The van der Waals surface area contributed by atoms with Crippen molar-refractivity contribution in [1.29, 1.82) is 0 Å². The molecule has 0 saturated heterocycles. The van der Waals surface area contributed by atoms with E-state index in [0.29, 0.717) is 19.1 Å². The number of aromatic nitrogens is 1. The van der Waals surface area contributed by atoms with Crippen LogP contribution >= 0.6 is 0 Å². The Morgan fingerprint density at radius 1 is 1.50 bits per heavy atom. The van der Waals surface area contributed by atoms with E-state index in [-0.39, 0.29) is 12.4 Å². The molecule has 1 N–H and O–H groups in total. The van der Waals surface area contributed by atoms with Gasteiger partial charge in [-0.25, -0.2) is 0 Å². The summed E-state index contributed by atoms with van der Waals surface area (Å²) in [6.07, 6.45) is 2.31. The molecule has 1 fully saturated rings. The zero-order valence-corrected chi connectivity index (χ0v) is 11.4. The molecule has 4 heteroatoms. The lowest BCUT2D eigenvalue weighted by molar-refractivity contribution is 0.0906. The zero-order valence-electron chi connectivity index (χ0n) is 11.4. The number of hydrogen-bond donors (Lipinski definition) is 1. The first-order valence-electron chi connectivity index (χ1n) is 6.55. The highest BCUT2D eigenvalue weighted by molar-refractivity contribution is 5.99. The summed E-state index contributed by atoms with van der Waals surface area (Å²) in [4.78, 5) is 14.4. The lowest BCUT2D eigenvalue weighted by Crippen LogP contribution is -2.34.